The summed E-state index contributed by atoms with van der Waals surface area (Å²) in [5.74, 6) is 0.0559. The van der Waals surface area contributed by atoms with Crippen LogP contribution in [0.2, 0.25) is 0 Å². The lowest BCUT2D eigenvalue weighted by molar-refractivity contribution is -0.139. The summed E-state index contributed by atoms with van der Waals surface area (Å²) in [6.45, 7) is 9.62. The van der Waals surface area contributed by atoms with Crippen LogP contribution in [0.1, 0.15) is 117 Å². The second-order valence-electron chi connectivity index (χ2n) is 14.1. The zero-order valence-corrected chi connectivity index (χ0v) is 27.7. The summed E-state index contributed by atoms with van der Waals surface area (Å²) in [6.07, 6.45) is 14.1. The number of carbonyl (C=O) groups is 3. The first kappa shape index (κ1) is 34.2. The van der Waals surface area contributed by atoms with Crippen LogP contribution in [0.4, 0.5) is 0 Å². The summed E-state index contributed by atoms with van der Waals surface area (Å²) < 4.78 is 0. The average molecular weight is 608 g/mol. The second kappa shape index (κ2) is 15.6. The smallest absolute Gasteiger partial charge is 0.225 e. The lowest BCUT2D eigenvalue weighted by Crippen LogP contribution is -2.52. The predicted octanol–water partition coefficient (Wildman–Crippen LogP) is 6.26. The molecule has 2 amide bonds. The number of amides is 2. The van der Waals surface area contributed by atoms with E-state index in [4.69, 9.17) is 0 Å². The minimum atomic E-state index is -0.648. The first-order chi connectivity index (χ1) is 21.1. The molecule has 0 bridgehead atoms. The van der Waals surface area contributed by atoms with Crippen molar-refractivity contribution in [2.75, 3.05) is 13.1 Å². The van der Waals surface area contributed by atoms with Gasteiger partial charge in [0.05, 0.1) is 11.5 Å². The molecule has 1 aliphatic carbocycles. The number of hydrogen-bond donors (Lipinski definition) is 3. The molecule has 0 spiro atoms. The number of allylic oxidation sites excluding steroid dienone is 1. The van der Waals surface area contributed by atoms with Crippen molar-refractivity contribution in [3.8, 4) is 0 Å². The van der Waals surface area contributed by atoms with E-state index in [1.54, 1.807) is 6.20 Å². The van der Waals surface area contributed by atoms with Crippen LogP contribution in [-0.2, 0) is 19.8 Å². The van der Waals surface area contributed by atoms with Crippen molar-refractivity contribution in [3.63, 3.8) is 0 Å². The predicted molar refractivity (Wildman–Crippen MR) is 176 cm³/mol. The Labute approximate surface area is 265 Å². The molecule has 0 radical (unpaired) electrons. The SMILES string of the molecule is CCCC(C)[C@]1(c2ccccc2)CCCC(CC2(O)CCC2)C(C)C(=O)N(CCC(=O)NC2NC=CC(=O)C2CC)CCC1. The topological polar surface area (TPSA) is 98.7 Å². The Morgan fingerprint density at radius 2 is 1.82 bits per heavy atom. The van der Waals surface area contributed by atoms with E-state index in [1.165, 1.54) is 11.6 Å². The summed E-state index contributed by atoms with van der Waals surface area (Å²) in [5, 5.41) is 17.3. The second-order valence-corrected chi connectivity index (χ2v) is 14.1. The van der Waals surface area contributed by atoms with Gasteiger partial charge in [0, 0.05) is 31.6 Å². The molecule has 44 heavy (non-hydrogen) atoms. The molecular weight excluding hydrogens is 550 g/mol. The average Bonchev–Trinajstić information content (AvgIpc) is 3.02. The van der Waals surface area contributed by atoms with Crippen molar-refractivity contribution in [2.45, 2.75) is 128 Å². The van der Waals surface area contributed by atoms with Crippen LogP contribution in [0.15, 0.2) is 42.6 Å². The van der Waals surface area contributed by atoms with E-state index in [9.17, 15) is 19.5 Å². The normalized spacial score (nSPS) is 30.1. The maximum Gasteiger partial charge on any atom is 0.225 e. The van der Waals surface area contributed by atoms with E-state index in [-0.39, 0.29) is 47.2 Å². The fourth-order valence-corrected chi connectivity index (χ4v) is 8.26. The van der Waals surface area contributed by atoms with Crippen LogP contribution < -0.4 is 10.6 Å². The number of aliphatic hydroxyl groups is 1. The maximum atomic E-state index is 14.1. The van der Waals surface area contributed by atoms with E-state index >= 15 is 0 Å². The Kier molecular flexibility index (Phi) is 12.1. The fourth-order valence-electron chi connectivity index (χ4n) is 8.26. The Morgan fingerprint density at radius 3 is 2.48 bits per heavy atom. The molecule has 2 heterocycles. The van der Waals surface area contributed by atoms with Crippen LogP contribution in [0.3, 0.4) is 0 Å². The van der Waals surface area contributed by atoms with Crippen LogP contribution in [-0.4, -0.2) is 52.5 Å². The van der Waals surface area contributed by atoms with Crippen molar-refractivity contribution >= 4 is 17.6 Å². The van der Waals surface area contributed by atoms with Gasteiger partial charge >= 0.3 is 0 Å². The largest absolute Gasteiger partial charge is 0.390 e. The van der Waals surface area contributed by atoms with E-state index in [0.29, 0.717) is 31.8 Å². The molecular formula is C37H57N3O4. The molecule has 7 nitrogen and oxygen atoms in total. The van der Waals surface area contributed by atoms with E-state index in [2.05, 4.69) is 54.8 Å². The lowest BCUT2D eigenvalue weighted by atomic mass is 9.63. The lowest BCUT2D eigenvalue weighted by Gasteiger charge is -2.42. The molecule has 5 unspecified atom stereocenters. The third kappa shape index (κ3) is 8.13. The number of nitrogens with zero attached hydrogens (tertiary/aromatic N) is 1. The maximum absolute atomic E-state index is 14.1. The molecule has 0 aromatic heterocycles. The molecule has 3 N–H and O–H groups in total. The van der Waals surface area contributed by atoms with E-state index in [1.807, 2.05) is 18.7 Å². The summed E-state index contributed by atoms with van der Waals surface area (Å²) >= 11 is 0. The number of ketones is 1. The van der Waals surface area contributed by atoms with Gasteiger partial charge in [-0.25, -0.2) is 0 Å². The quantitative estimate of drug-likeness (QED) is 0.276. The van der Waals surface area contributed by atoms with Crippen LogP contribution in [0, 0.1) is 23.7 Å². The van der Waals surface area contributed by atoms with Gasteiger partial charge in [-0.3, -0.25) is 14.4 Å². The van der Waals surface area contributed by atoms with Crippen molar-refractivity contribution in [1.82, 2.24) is 15.5 Å². The molecule has 7 heteroatoms. The van der Waals surface area contributed by atoms with E-state index in [0.717, 1.165) is 64.2 Å². The molecule has 2 aliphatic heterocycles. The Balaban J connectivity index is 1.55. The highest BCUT2D eigenvalue weighted by molar-refractivity contribution is 5.93. The van der Waals surface area contributed by atoms with Gasteiger partial charge < -0.3 is 20.6 Å². The zero-order valence-electron chi connectivity index (χ0n) is 27.7. The Hall–Kier alpha value is -2.67. The molecule has 1 saturated heterocycles. The molecule has 1 saturated carbocycles. The summed E-state index contributed by atoms with van der Waals surface area (Å²) in [4.78, 5) is 41.5. The molecule has 2 fully saturated rings. The van der Waals surface area contributed by atoms with Gasteiger partial charge in [0.25, 0.3) is 0 Å². The van der Waals surface area contributed by atoms with Gasteiger partial charge in [-0.15, -0.1) is 0 Å². The van der Waals surface area contributed by atoms with Crippen molar-refractivity contribution in [1.29, 1.82) is 0 Å². The highest BCUT2D eigenvalue weighted by atomic mass is 16.3. The number of carbonyl (C=O) groups excluding carboxylic acids is 3. The zero-order chi connectivity index (χ0) is 31.7. The molecule has 6 atom stereocenters. The van der Waals surface area contributed by atoms with Crippen molar-refractivity contribution in [3.05, 3.63) is 48.2 Å². The van der Waals surface area contributed by atoms with E-state index < -0.39 is 11.8 Å². The Morgan fingerprint density at radius 1 is 1.09 bits per heavy atom. The number of rotatable bonds is 11. The molecule has 4 rings (SSSR count). The first-order valence-electron chi connectivity index (χ1n) is 17.4. The van der Waals surface area contributed by atoms with Gasteiger partial charge in [0.15, 0.2) is 5.78 Å². The summed E-state index contributed by atoms with van der Waals surface area (Å²) in [5.41, 5.74) is 0.774. The summed E-state index contributed by atoms with van der Waals surface area (Å²) in [6, 6.07) is 11.0. The first-order valence-corrected chi connectivity index (χ1v) is 17.4. The third-order valence-corrected chi connectivity index (χ3v) is 11.3. The van der Waals surface area contributed by atoms with Gasteiger partial charge in [-0.1, -0.05) is 77.3 Å². The van der Waals surface area contributed by atoms with Gasteiger partial charge in [0.1, 0.15) is 6.17 Å². The number of nitrogens with one attached hydrogen (secondary N) is 2. The number of benzene rings is 1. The molecule has 3 aliphatic rings. The van der Waals surface area contributed by atoms with Gasteiger partial charge in [-0.05, 0) is 86.7 Å². The minimum Gasteiger partial charge on any atom is -0.390 e. The fraction of sp³-hybridized carbons (Fsp3) is 0.703. The molecule has 1 aromatic rings. The van der Waals surface area contributed by atoms with Crippen LogP contribution in [0.25, 0.3) is 0 Å². The van der Waals surface area contributed by atoms with Crippen molar-refractivity contribution < 1.29 is 19.5 Å². The van der Waals surface area contributed by atoms with Gasteiger partial charge in [0.2, 0.25) is 11.8 Å². The van der Waals surface area contributed by atoms with Gasteiger partial charge in [-0.2, -0.15) is 0 Å². The number of hydrogen-bond acceptors (Lipinski definition) is 5. The molecule has 1 aromatic carbocycles. The van der Waals surface area contributed by atoms with Crippen molar-refractivity contribution in [2.24, 2.45) is 23.7 Å². The standard InChI is InChI=1S/C37H57N3O4/c1-5-13-27(3)37(30-15-8-7-9-16-30)21-10-14-29(26-36(44)19-11-20-36)28(4)35(43)40(24-12-22-37)25-18-33(42)39-34-31(6-2)32(41)17-23-38-34/h7-9,15-17,23,27-29,31,34,38,44H,5-6,10-14,18-22,24-26H2,1-4H3,(H,39,42)/t27?,28?,29?,31?,34?,37-/m0/s1. The molecule has 244 valence electrons. The Bertz CT molecular complexity index is 1130. The highest BCUT2D eigenvalue weighted by Gasteiger charge is 2.42. The summed E-state index contributed by atoms with van der Waals surface area (Å²) in [7, 11) is 0. The van der Waals surface area contributed by atoms with Crippen LogP contribution in [0.5, 0.6) is 0 Å². The minimum absolute atomic E-state index is 0.0195. The third-order valence-electron chi connectivity index (χ3n) is 11.3. The highest BCUT2D eigenvalue weighted by Crippen LogP contribution is 2.46. The monoisotopic (exact) mass is 607 g/mol. The van der Waals surface area contributed by atoms with Crippen LogP contribution >= 0.6 is 0 Å².